The molecule has 1 unspecified atom stereocenters. The Kier molecular flexibility index (Phi) is 17.7. The maximum atomic E-state index is 13.5. The van der Waals surface area contributed by atoms with E-state index >= 15 is 0 Å². The number of alkyl halides is 3. The van der Waals surface area contributed by atoms with Gasteiger partial charge in [0.2, 0.25) is 11.8 Å². The van der Waals surface area contributed by atoms with Gasteiger partial charge in [-0.05, 0) is 126 Å². The lowest BCUT2D eigenvalue weighted by Crippen LogP contribution is -2.24. The molecule has 2 saturated heterocycles. The minimum Gasteiger partial charge on any atom is -0.497 e. The van der Waals surface area contributed by atoms with Crippen molar-refractivity contribution >= 4 is 54.6 Å². The summed E-state index contributed by atoms with van der Waals surface area (Å²) in [6.07, 6.45) is -4.21. The predicted molar refractivity (Wildman–Crippen MR) is 309 cm³/mol. The Bertz CT molecular complexity index is 4030. The van der Waals surface area contributed by atoms with E-state index in [9.17, 15) is 44.9 Å². The summed E-state index contributed by atoms with van der Waals surface area (Å²) in [5, 5.41) is 9.20. The fourth-order valence-corrected chi connectivity index (χ4v) is 11.7. The quantitative estimate of drug-likeness (QED) is 0.0819. The van der Waals surface area contributed by atoms with Crippen LogP contribution in [0.1, 0.15) is 46.9 Å². The highest BCUT2D eigenvalue weighted by molar-refractivity contribution is 7.93. The molecule has 84 heavy (non-hydrogen) atoms. The Morgan fingerprint density at radius 2 is 0.952 bits per heavy atom. The van der Waals surface area contributed by atoms with Crippen LogP contribution in [0, 0.1) is 11.3 Å². The van der Waals surface area contributed by atoms with Crippen LogP contribution in [-0.2, 0) is 35.8 Å². The molecule has 0 bridgehead atoms. The number of sulfonamides is 2. The second-order valence-electron chi connectivity index (χ2n) is 19.1. The summed E-state index contributed by atoms with van der Waals surface area (Å²) in [4.78, 5) is 29.5. The first kappa shape index (κ1) is 58.9. The van der Waals surface area contributed by atoms with Gasteiger partial charge in [0.25, 0.3) is 20.0 Å². The summed E-state index contributed by atoms with van der Waals surface area (Å²) in [7, 11) is -1.97. The van der Waals surface area contributed by atoms with E-state index < -0.39 is 31.8 Å². The first-order valence-corrected chi connectivity index (χ1v) is 28.8. The van der Waals surface area contributed by atoms with Crippen molar-refractivity contribution in [2.75, 3.05) is 60.8 Å². The van der Waals surface area contributed by atoms with Gasteiger partial charge < -0.3 is 38.2 Å². The van der Waals surface area contributed by atoms with E-state index in [0.717, 1.165) is 11.6 Å². The summed E-state index contributed by atoms with van der Waals surface area (Å²) >= 11 is 0. The van der Waals surface area contributed by atoms with Crippen LogP contribution >= 0.6 is 0 Å². The van der Waals surface area contributed by atoms with Crippen LogP contribution in [-0.4, -0.2) is 70.2 Å². The standard InChI is InChI=1S/C31H27F3N2O6S.C31H27N3O6S/c1-40-24-9-6-10-25(18-24)43(38,39)35-22-7-5-8-23(17-22)36-19-21(16-30(36)37)20-13-14-28(41-2)29(15-20)42-27-12-4-3-11-26(27)31(32,33)34;1-38-26-9-5-11-28(18-26)41(36,37)33-24-7-4-8-25(17-24)34-20-23(16-31(34)35)22-12-13-29(39-2)30(15-22)40-27-10-3-6-21(14-27)19-32/h3-15,17-18,21,35H,16,19H2,1-2H3;3-15,17-18,23,33H,16,20H2,1-2H3/t;23-/m.0/s1. The molecule has 2 fully saturated rings. The van der Waals surface area contributed by atoms with Crippen LogP contribution < -0.4 is 47.7 Å². The number of hydrogen-bond donors (Lipinski definition) is 2. The molecule has 8 aromatic rings. The molecule has 2 atom stereocenters. The molecule has 2 aliphatic heterocycles. The van der Waals surface area contributed by atoms with Gasteiger partial charge in [-0.15, -0.1) is 0 Å². The number of nitrogens with zero attached hydrogens (tertiary/aromatic N) is 3. The molecule has 0 aliphatic carbocycles. The fraction of sp³-hybridized carbons (Fsp3) is 0.177. The highest BCUT2D eigenvalue weighted by Crippen LogP contribution is 2.43. The molecule has 2 amide bonds. The third-order valence-corrected chi connectivity index (χ3v) is 16.5. The molecule has 0 saturated carbocycles. The van der Waals surface area contributed by atoms with E-state index in [0.29, 0.717) is 63.5 Å². The number of methoxy groups -OCH3 is 4. The largest absolute Gasteiger partial charge is 0.497 e. The summed E-state index contributed by atoms with van der Waals surface area (Å²) in [5.41, 5.74) is 2.79. The van der Waals surface area contributed by atoms with Crippen LogP contribution in [0.3, 0.4) is 0 Å². The van der Waals surface area contributed by atoms with Crippen molar-refractivity contribution in [3.63, 3.8) is 0 Å². The second kappa shape index (κ2) is 25.2. The molecule has 0 aromatic heterocycles. The third kappa shape index (κ3) is 13.8. The lowest BCUT2D eigenvalue weighted by atomic mass is 9.98. The summed E-state index contributed by atoms with van der Waals surface area (Å²) in [6, 6.07) is 49.7. The topological polar surface area (TPSA) is 212 Å². The van der Waals surface area contributed by atoms with Gasteiger partial charge >= 0.3 is 6.18 Å². The molecule has 17 nitrogen and oxygen atoms in total. The Hall–Kier alpha value is -9.72. The number of hydrogen-bond acceptors (Lipinski definition) is 13. The second-order valence-corrected chi connectivity index (χ2v) is 22.5. The molecular weight excluding hydrogens is 1130 g/mol. The lowest BCUT2D eigenvalue weighted by molar-refractivity contribution is -0.138. The van der Waals surface area contributed by atoms with Crippen molar-refractivity contribution < 1.29 is 68.0 Å². The van der Waals surface area contributed by atoms with Crippen LogP contribution in [0.2, 0.25) is 0 Å². The number of carbonyl (C=O) groups excluding carboxylic acids is 2. The minimum absolute atomic E-state index is 0.0185. The Morgan fingerprint density at radius 1 is 0.488 bits per heavy atom. The van der Waals surface area contributed by atoms with E-state index in [1.807, 2.05) is 12.1 Å². The van der Waals surface area contributed by atoms with Gasteiger partial charge in [0.1, 0.15) is 23.0 Å². The molecule has 10 rings (SSSR count). The smallest absolute Gasteiger partial charge is 0.419 e. The number of carbonyl (C=O) groups is 2. The number of nitriles is 1. The Balaban J connectivity index is 0.000000202. The molecule has 0 spiro atoms. The zero-order valence-corrected chi connectivity index (χ0v) is 47.1. The molecule has 0 radical (unpaired) electrons. The molecule has 8 aromatic carbocycles. The van der Waals surface area contributed by atoms with Gasteiger partial charge in [0.15, 0.2) is 23.0 Å². The molecular formula is C62H54F3N5O12S2. The first-order valence-electron chi connectivity index (χ1n) is 25.8. The van der Waals surface area contributed by atoms with E-state index in [4.69, 9.17) is 28.4 Å². The average molecular weight is 1180 g/mol. The van der Waals surface area contributed by atoms with Crippen LogP contribution in [0.4, 0.5) is 35.9 Å². The minimum atomic E-state index is -4.61. The highest BCUT2D eigenvalue weighted by atomic mass is 32.2. The van der Waals surface area contributed by atoms with Crippen molar-refractivity contribution in [2.24, 2.45) is 0 Å². The Labute approximate surface area is 483 Å². The SMILES string of the molecule is COc1cccc(S(=O)(=O)Nc2cccc(N3CC(c4ccc(OC)c(Oc5ccccc5C(F)(F)F)c4)CC3=O)c2)c1.COc1cccc(S(=O)(=O)Nc2cccc(N3C[C@@H](c4ccc(OC)c(Oc5cccc(C#N)c5)c4)CC3=O)c2)c1. The number of halogens is 3. The van der Waals surface area contributed by atoms with E-state index in [-0.39, 0.29) is 75.8 Å². The molecule has 2 heterocycles. The Morgan fingerprint density at radius 3 is 1.43 bits per heavy atom. The fourth-order valence-electron chi connectivity index (χ4n) is 9.52. The van der Waals surface area contributed by atoms with Crippen molar-refractivity contribution in [3.8, 4) is 52.1 Å². The van der Waals surface area contributed by atoms with Crippen LogP contribution in [0.5, 0.6) is 46.0 Å². The maximum absolute atomic E-state index is 13.5. The van der Waals surface area contributed by atoms with Crippen molar-refractivity contribution in [1.29, 1.82) is 5.26 Å². The van der Waals surface area contributed by atoms with Crippen LogP contribution in [0.25, 0.3) is 0 Å². The molecule has 432 valence electrons. The lowest BCUT2D eigenvalue weighted by Gasteiger charge is -2.19. The normalized spacial score (nSPS) is 15.1. The number of ether oxygens (including phenoxy) is 6. The first-order chi connectivity index (χ1) is 40.3. The highest BCUT2D eigenvalue weighted by Gasteiger charge is 2.36. The van der Waals surface area contributed by atoms with Gasteiger partial charge in [-0.2, -0.15) is 18.4 Å². The number of anilines is 4. The van der Waals surface area contributed by atoms with Crippen molar-refractivity contribution in [1.82, 2.24) is 0 Å². The summed E-state index contributed by atoms with van der Waals surface area (Å²) in [6.45, 7) is 0.663. The van der Waals surface area contributed by atoms with E-state index in [1.54, 1.807) is 133 Å². The van der Waals surface area contributed by atoms with Crippen molar-refractivity contribution in [3.05, 3.63) is 204 Å². The number of para-hydroxylation sites is 1. The van der Waals surface area contributed by atoms with E-state index in [1.165, 1.54) is 68.7 Å². The molecule has 2 N–H and O–H groups in total. The van der Waals surface area contributed by atoms with Crippen LogP contribution in [0.15, 0.2) is 192 Å². The summed E-state index contributed by atoms with van der Waals surface area (Å²) < 4.78 is 130. The zero-order valence-electron chi connectivity index (χ0n) is 45.5. The number of benzene rings is 8. The van der Waals surface area contributed by atoms with Gasteiger partial charge in [0, 0.05) is 61.3 Å². The number of amides is 2. The zero-order chi connectivity index (χ0) is 59.8. The molecule has 22 heteroatoms. The van der Waals surface area contributed by atoms with Crippen molar-refractivity contribution in [2.45, 2.75) is 40.6 Å². The van der Waals surface area contributed by atoms with E-state index in [2.05, 4.69) is 15.5 Å². The molecule has 2 aliphatic rings. The van der Waals surface area contributed by atoms with Gasteiger partial charge in [-0.1, -0.05) is 54.6 Å². The third-order valence-electron chi connectivity index (χ3n) is 13.7. The van der Waals surface area contributed by atoms with Gasteiger partial charge in [0.05, 0.1) is 66.8 Å². The maximum Gasteiger partial charge on any atom is 0.419 e. The summed E-state index contributed by atoms with van der Waals surface area (Å²) in [5.74, 6) is 1.54. The average Bonchev–Trinajstić information content (AvgIpc) is 3.71. The monoisotopic (exact) mass is 1180 g/mol. The number of rotatable bonds is 18. The predicted octanol–water partition coefficient (Wildman–Crippen LogP) is 12.5. The number of nitrogens with one attached hydrogen (secondary N) is 2. The van der Waals surface area contributed by atoms with Gasteiger partial charge in [-0.25, -0.2) is 16.8 Å². The van der Waals surface area contributed by atoms with Gasteiger partial charge in [-0.3, -0.25) is 19.0 Å².